The van der Waals surface area contributed by atoms with Crippen LogP contribution in [-0.4, -0.2) is 4.98 Å². The average molecular weight is 761 g/mol. The molecule has 2 heterocycles. The van der Waals surface area contributed by atoms with Crippen LogP contribution in [0.4, 0.5) is 17.1 Å². The summed E-state index contributed by atoms with van der Waals surface area (Å²) in [7, 11) is 0. The third-order valence-electron chi connectivity index (χ3n) is 13.1. The van der Waals surface area contributed by atoms with Crippen LogP contribution < -0.4 is 4.90 Å². The van der Waals surface area contributed by atoms with Gasteiger partial charge in [0.15, 0.2) is 5.58 Å². The Hall–Kier alpha value is -7.17. The van der Waals surface area contributed by atoms with E-state index in [-0.39, 0.29) is 10.8 Å². The zero-order valence-electron chi connectivity index (χ0n) is 33.4. The number of hydrogen-bond donors (Lipinski definition) is 0. The molecule has 0 aliphatic heterocycles. The molecule has 2 aliphatic carbocycles. The molecule has 2 aromatic heterocycles. The summed E-state index contributed by atoms with van der Waals surface area (Å²) in [4.78, 5) is 7.43. The fourth-order valence-electron chi connectivity index (χ4n) is 10.1. The van der Waals surface area contributed by atoms with Gasteiger partial charge in [-0.3, -0.25) is 0 Å². The van der Waals surface area contributed by atoms with Crippen LogP contribution in [0.5, 0.6) is 0 Å². The van der Waals surface area contributed by atoms with Gasteiger partial charge < -0.3 is 13.7 Å². The Morgan fingerprint density at radius 3 is 1.61 bits per heavy atom. The second-order valence-corrected chi connectivity index (χ2v) is 17.1. The standard InChI is InChI=1S/C55H40N2O2/c1-54(2)44-19-11-8-16-38(44)41-30-36(26-28-46(41)54)57(37-27-29-47-42(31-37)39-17-9-12-20-45(39)55(47,3)4)35-24-22-33(23-25-35)50-51-43(40-18-10-13-21-49(40)58-51)32-48-52(50)59-53(56-48)34-14-6-5-7-15-34/h5-32H,1-4H3. The van der Waals surface area contributed by atoms with Gasteiger partial charge in [-0.05, 0) is 111 Å². The number of rotatable bonds is 5. The Bertz CT molecular complexity index is 3220. The maximum atomic E-state index is 6.66. The molecule has 282 valence electrons. The van der Waals surface area contributed by atoms with Gasteiger partial charge in [-0.2, -0.15) is 0 Å². The summed E-state index contributed by atoms with van der Waals surface area (Å²) in [5, 5.41) is 2.07. The Kier molecular flexibility index (Phi) is 7.00. The Balaban J connectivity index is 1.05. The van der Waals surface area contributed by atoms with Crippen molar-refractivity contribution in [3.05, 3.63) is 192 Å². The number of oxazole rings is 1. The summed E-state index contributed by atoms with van der Waals surface area (Å²) in [5.74, 6) is 0.587. The second-order valence-electron chi connectivity index (χ2n) is 17.1. The molecule has 0 amide bonds. The lowest BCUT2D eigenvalue weighted by atomic mass is 9.82. The van der Waals surface area contributed by atoms with Crippen LogP contribution in [-0.2, 0) is 10.8 Å². The van der Waals surface area contributed by atoms with Crippen molar-refractivity contribution in [3.8, 4) is 44.8 Å². The molecule has 0 atom stereocenters. The number of benzene rings is 8. The van der Waals surface area contributed by atoms with Crippen LogP contribution in [0.1, 0.15) is 49.9 Å². The van der Waals surface area contributed by atoms with Gasteiger partial charge in [-0.15, -0.1) is 0 Å². The third kappa shape index (κ3) is 4.87. The predicted octanol–water partition coefficient (Wildman–Crippen LogP) is 15.1. The summed E-state index contributed by atoms with van der Waals surface area (Å²) in [6, 6.07) is 61.0. The molecule has 10 aromatic rings. The van der Waals surface area contributed by atoms with E-state index in [1.54, 1.807) is 0 Å². The van der Waals surface area contributed by atoms with Gasteiger partial charge in [-0.25, -0.2) is 4.98 Å². The molecule has 0 N–H and O–H groups in total. The highest BCUT2D eigenvalue weighted by Crippen LogP contribution is 2.53. The summed E-state index contributed by atoms with van der Waals surface area (Å²) in [6.07, 6.45) is 0. The van der Waals surface area contributed by atoms with E-state index in [1.807, 2.05) is 42.5 Å². The van der Waals surface area contributed by atoms with Crippen molar-refractivity contribution in [1.29, 1.82) is 0 Å². The number of para-hydroxylation sites is 1. The van der Waals surface area contributed by atoms with E-state index in [9.17, 15) is 0 Å². The zero-order valence-corrected chi connectivity index (χ0v) is 33.4. The summed E-state index contributed by atoms with van der Waals surface area (Å²) in [6.45, 7) is 9.35. The quantitative estimate of drug-likeness (QED) is 0.175. The van der Waals surface area contributed by atoms with E-state index in [1.165, 1.54) is 44.5 Å². The molecule has 0 saturated heterocycles. The number of anilines is 3. The van der Waals surface area contributed by atoms with E-state index in [4.69, 9.17) is 13.8 Å². The minimum absolute atomic E-state index is 0.0795. The Morgan fingerprint density at radius 1 is 0.424 bits per heavy atom. The van der Waals surface area contributed by atoms with Crippen molar-refractivity contribution in [1.82, 2.24) is 4.98 Å². The van der Waals surface area contributed by atoms with Gasteiger partial charge in [0.05, 0.1) is 5.56 Å². The number of aromatic nitrogens is 1. The summed E-state index contributed by atoms with van der Waals surface area (Å²) < 4.78 is 13.3. The summed E-state index contributed by atoms with van der Waals surface area (Å²) >= 11 is 0. The molecule has 0 fully saturated rings. The van der Waals surface area contributed by atoms with Crippen LogP contribution in [0.2, 0.25) is 0 Å². The fourth-order valence-corrected chi connectivity index (χ4v) is 10.1. The predicted molar refractivity (Wildman–Crippen MR) is 242 cm³/mol. The lowest BCUT2D eigenvalue weighted by Gasteiger charge is -2.28. The van der Waals surface area contributed by atoms with Crippen LogP contribution in [0, 0.1) is 0 Å². The van der Waals surface area contributed by atoms with Crippen LogP contribution in [0.3, 0.4) is 0 Å². The van der Waals surface area contributed by atoms with E-state index in [0.29, 0.717) is 11.5 Å². The van der Waals surface area contributed by atoms with E-state index < -0.39 is 0 Å². The molecular weight excluding hydrogens is 721 g/mol. The van der Waals surface area contributed by atoms with Crippen molar-refractivity contribution in [2.75, 3.05) is 4.90 Å². The van der Waals surface area contributed by atoms with Crippen molar-refractivity contribution >= 4 is 50.1 Å². The Labute approximate surface area is 343 Å². The highest BCUT2D eigenvalue weighted by Gasteiger charge is 2.37. The van der Waals surface area contributed by atoms with Gasteiger partial charge >= 0.3 is 0 Å². The molecule has 4 heteroatoms. The molecule has 59 heavy (non-hydrogen) atoms. The molecule has 8 aromatic carbocycles. The maximum Gasteiger partial charge on any atom is 0.227 e. The Morgan fingerprint density at radius 2 is 0.966 bits per heavy atom. The molecule has 2 aliphatic rings. The highest BCUT2D eigenvalue weighted by atomic mass is 16.4. The first-order chi connectivity index (χ1) is 28.8. The van der Waals surface area contributed by atoms with Crippen molar-refractivity contribution < 1.29 is 8.83 Å². The smallest absolute Gasteiger partial charge is 0.227 e. The zero-order chi connectivity index (χ0) is 39.6. The molecular formula is C55H40N2O2. The van der Waals surface area contributed by atoms with Crippen molar-refractivity contribution in [3.63, 3.8) is 0 Å². The first kappa shape index (κ1) is 33.9. The maximum absolute atomic E-state index is 6.66. The van der Waals surface area contributed by atoms with Gasteiger partial charge in [-0.1, -0.05) is 137 Å². The molecule has 0 bridgehead atoms. The molecule has 0 spiro atoms. The molecule has 12 rings (SSSR count). The average Bonchev–Trinajstić information content (AvgIpc) is 3.98. The third-order valence-corrected chi connectivity index (χ3v) is 13.1. The first-order valence-corrected chi connectivity index (χ1v) is 20.5. The first-order valence-electron chi connectivity index (χ1n) is 20.5. The van der Waals surface area contributed by atoms with Crippen molar-refractivity contribution in [2.24, 2.45) is 0 Å². The monoisotopic (exact) mass is 760 g/mol. The van der Waals surface area contributed by atoms with Crippen LogP contribution in [0.15, 0.2) is 179 Å². The topological polar surface area (TPSA) is 42.4 Å². The van der Waals surface area contributed by atoms with E-state index in [2.05, 4.69) is 160 Å². The number of fused-ring (bicyclic) bond motifs is 10. The van der Waals surface area contributed by atoms with Gasteiger partial charge in [0.1, 0.15) is 16.7 Å². The van der Waals surface area contributed by atoms with Gasteiger partial charge in [0.2, 0.25) is 5.89 Å². The number of hydrogen-bond acceptors (Lipinski definition) is 4. The largest absolute Gasteiger partial charge is 0.455 e. The molecule has 0 radical (unpaired) electrons. The van der Waals surface area contributed by atoms with Crippen LogP contribution in [0.25, 0.3) is 77.9 Å². The van der Waals surface area contributed by atoms with Crippen molar-refractivity contribution in [2.45, 2.75) is 38.5 Å². The minimum atomic E-state index is -0.0795. The minimum Gasteiger partial charge on any atom is -0.455 e. The molecule has 0 unspecified atom stereocenters. The fraction of sp³-hybridized carbons (Fsp3) is 0.109. The van der Waals surface area contributed by atoms with Gasteiger partial charge in [0.25, 0.3) is 0 Å². The van der Waals surface area contributed by atoms with E-state index in [0.717, 1.165) is 61.2 Å². The molecule has 4 nitrogen and oxygen atoms in total. The van der Waals surface area contributed by atoms with Gasteiger partial charge in [0, 0.05) is 44.2 Å². The van der Waals surface area contributed by atoms with E-state index >= 15 is 0 Å². The second kappa shape index (κ2) is 12.2. The number of nitrogens with zero attached hydrogens (tertiary/aromatic N) is 2. The highest BCUT2D eigenvalue weighted by molar-refractivity contribution is 6.16. The number of furan rings is 1. The molecule has 0 saturated carbocycles. The lowest BCUT2D eigenvalue weighted by Crippen LogP contribution is -2.16. The normalized spacial score (nSPS) is 14.4. The van der Waals surface area contributed by atoms with Crippen LogP contribution >= 0.6 is 0 Å². The summed E-state index contributed by atoms with van der Waals surface area (Å²) in [5.41, 5.74) is 19.7. The lowest BCUT2D eigenvalue weighted by molar-refractivity contribution is 0.619. The SMILES string of the molecule is CC1(C)c2ccccc2-c2cc(N(c3ccc(-c4c5oc(-c6ccccc6)nc5cc5c4oc4ccccc45)cc3)c3ccc4c(c3)-c3ccccc3C4(C)C)ccc21.